The van der Waals surface area contributed by atoms with E-state index in [0.29, 0.717) is 10.6 Å². The van der Waals surface area contributed by atoms with Gasteiger partial charge in [-0.05, 0) is 18.2 Å². The van der Waals surface area contributed by atoms with E-state index < -0.39 is 12.0 Å². The zero-order chi connectivity index (χ0) is 11.0. The van der Waals surface area contributed by atoms with Gasteiger partial charge >= 0.3 is 6.09 Å². The van der Waals surface area contributed by atoms with Crippen LogP contribution in [0.5, 0.6) is 5.75 Å². The molecule has 6 heteroatoms. The molecule has 1 heterocycles. The zero-order valence-corrected chi connectivity index (χ0v) is 9.02. The second-order valence-electron chi connectivity index (χ2n) is 2.91. The monoisotopic (exact) mass is 271 g/mol. The molecule has 2 rings (SSSR count). The van der Waals surface area contributed by atoms with Gasteiger partial charge in [0.2, 0.25) is 0 Å². The average molecular weight is 272 g/mol. The van der Waals surface area contributed by atoms with Gasteiger partial charge in [-0.15, -0.1) is 0 Å². The molecule has 2 amide bonds. The highest BCUT2D eigenvalue weighted by Gasteiger charge is 2.30. The zero-order valence-electron chi connectivity index (χ0n) is 7.44. The summed E-state index contributed by atoms with van der Waals surface area (Å²) in [6.45, 7) is -0.254. The molecule has 1 aromatic rings. The molecule has 1 N–H and O–H groups in total. The molecule has 0 saturated heterocycles. The van der Waals surface area contributed by atoms with Crippen LogP contribution in [0.15, 0.2) is 22.7 Å². The van der Waals surface area contributed by atoms with Gasteiger partial charge in [0, 0.05) is 4.47 Å². The molecule has 5 nitrogen and oxygen atoms in total. The summed E-state index contributed by atoms with van der Waals surface area (Å²) < 4.78 is 5.88. The molecular formula is C9H6BrNO4. The Morgan fingerprint density at radius 2 is 2.27 bits per heavy atom. The second-order valence-corrected chi connectivity index (χ2v) is 3.83. The van der Waals surface area contributed by atoms with E-state index in [0.717, 1.165) is 4.47 Å². The van der Waals surface area contributed by atoms with E-state index in [2.05, 4.69) is 15.9 Å². The van der Waals surface area contributed by atoms with Gasteiger partial charge < -0.3 is 9.84 Å². The van der Waals surface area contributed by atoms with Crippen LogP contribution in [-0.4, -0.2) is 23.7 Å². The Labute approximate surface area is 93.4 Å². The Morgan fingerprint density at radius 3 is 2.93 bits per heavy atom. The van der Waals surface area contributed by atoms with E-state index >= 15 is 0 Å². The van der Waals surface area contributed by atoms with E-state index in [4.69, 9.17) is 9.84 Å². The number of anilines is 1. The maximum atomic E-state index is 11.3. The fourth-order valence-electron chi connectivity index (χ4n) is 1.34. The minimum atomic E-state index is -1.30. The Hall–Kier alpha value is -1.56. The molecule has 0 aromatic heterocycles. The standard InChI is InChI=1S/C9H6BrNO4/c10-5-1-2-6-7(3-5)15-4-8(12)11(6)9(13)14/h1-3H,4H2,(H,13,14). The number of imide groups is 1. The van der Waals surface area contributed by atoms with Gasteiger partial charge in [0.1, 0.15) is 5.75 Å². The summed E-state index contributed by atoms with van der Waals surface area (Å²) in [5.41, 5.74) is 0.252. The largest absolute Gasteiger partial charge is 0.481 e. The molecule has 0 spiro atoms. The van der Waals surface area contributed by atoms with Crippen LogP contribution in [0, 0.1) is 0 Å². The third kappa shape index (κ3) is 1.68. The van der Waals surface area contributed by atoms with E-state index in [1.807, 2.05) is 0 Å². The van der Waals surface area contributed by atoms with Gasteiger partial charge in [-0.25, -0.2) is 9.69 Å². The SMILES string of the molecule is O=C(O)N1C(=O)COc2cc(Br)ccc21. The number of rotatable bonds is 0. The number of carboxylic acid groups (broad SMARTS) is 1. The van der Waals surface area contributed by atoms with Gasteiger partial charge in [-0.1, -0.05) is 15.9 Å². The van der Waals surface area contributed by atoms with Gasteiger partial charge in [-0.2, -0.15) is 0 Å². The van der Waals surface area contributed by atoms with Crippen molar-refractivity contribution in [2.45, 2.75) is 0 Å². The Morgan fingerprint density at radius 1 is 1.53 bits per heavy atom. The first kappa shape index (κ1) is 9.97. The highest BCUT2D eigenvalue weighted by atomic mass is 79.9. The average Bonchev–Trinajstić information content (AvgIpc) is 2.17. The topological polar surface area (TPSA) is 66.8 Å². The molecule has 1 aromatic carbocycles. The summed E-state index contributed by atoms with van der Waals surface area (Å²) in [7, 11) is 0. The molecule has 0 fully saturated rings. The number of halogens is 1. The van der Waals surface area contributed by atoms with Gasteiger partial charge in [0.25, 0.3) is 5.91 Å². The van der Waals surface area contributed by atoms with Crippen molar-refractivity contribution in [2.75, 3.05) is 11.5 Å². The number of fused-ring (bicyclic) bond motifs is 1. The number of carbonyl (C=O) groups excluding carboxylic acids is 1. The highest BCUT2D eigenvalue weighted by molar-refractivity contribution is 9.10. The number of carbonyl (C=O) groups is 2. The van der Waals surface area contributed by atoms with Crippen molar-refractivity contribution in [3.63, 3.8) is 0 Å². The first-order valence-corrected chi connectivity index (χ1v) is 4.87. The minimum absolute atomic E-state index is 0.252. The molecule has 0 radical (unpaired) electrons. The van der Waals surface area contributed by atoms with Crippen LogP contribution in [0.25, 0.3) is 0 Å². The highest BCUT2D eigenvalue weighted by Crippen LogP contribution is 2.34. The third-order valence-corrected chi connectivity index (χ3v) is 2.45. The predicted molar refractivity (Wildman–Crippen MR) is 55.1 cm³/mol. The lowest BCUT2D eigenvalue weighted by Gasteiger charge is -2.25. The number of nitrogens with zero attached hydrogens (tertiary/aromatic N) is 1. The lowest BCUT2D eigenvalue weighted by atomic mass is 10.2. The van der Waals surface area contributed by atoms with Crippen molar-refractivity contribution in [3.05, 3.63) is 22.7 Å². The fraction of sp³-hybridized carbons (Fsp3) is 0.111. The minimum Gasteiger partial charge on any atom is -0.481 e. The fourth-order valence-corrected chi connectivity index (χ4v) is 1.68. The second kappa shape index (κ2) is 3.54. The van der Waals surface area contributed by atoms with Crippen molar-refractivity contribution in [2.24, 2.45) is 0 Å². The van der Waals surface area contributed by atoms with Crippen LogP contribution in [-0.2, 0) is 4.79 Å². The molecular weight excluding hydrogens is 266 g/mol. The van der Waals surface area contributed by atoms with Crippen LogP contribution in [0.1, 0.15) is 0 Å². The molecule has 78 valence electrons. The Balaban J connectivity index is 2.53. The molecule has 0 bridgehead atoms. The molecule has 0 unspecified atom stereocenters. The molecule has 0 aliphatic carbocycles. The molecule has 1 aliphatic heterocycles. The number of hydrogen-bond acceptors (Lipinski definition) is 3. The number of ether oxygens (including phenoxy) is 1. The van der Waals surface area contributed by atoms with Gasteiger partial charge in [-0.3, -0.25) is 4.79 Å². The normalized spacial score (nSPS) is 14.5. The van der Waals surface area contributed by atoms with E-state index in [1.165, 1.54) is 6.07 Å². The number of amides is 2. The van der Waals surface area contributed by atoms with Crippen LogP contribution < -0.4 is 9.64 Å². The molecule has 15 heavy (non-hydrogen) atoms. The molecule has 0 atom stereocenters. The summed E-state index contributed by atoms with van der Waals surface area (Å²) in [6.07, 6.45) is -1.30. The number of hydrogen-bond donors (Lipinski definition) is 1. The van der Waals surface area contributed by atoms with E-state index in [-0.39, 0.29) is 12.3 Å². The summed E-state index contributed by atoms with van der Waals surface area (Å²) in [4.78, 5) is 22.8. The summed E-state index contributed by atoms with van der Waals surface area (Å²) in [6, 6.07) is 4.79. The number of benzene rings is 1. The van der Waals surface area contributed by atoms with Crippen molar-refractivity contribution < 1.29 is 19.4 Å². The molecule has 1 aliphatic rings. The Bertz CT molecular complexity index is 446. The maximum Gasteiger partial charge on any atom is 0.418 e. The quantitative estimate of drug-likeness (QED) is 0.782. The maximum absolute atomic E-state index is 11.3. The lowest BCUT2D eigenvalue weighted by Crippen LogP contribution is -2.42. The first-order valence-electron chi connectivity index (χ1n) is 4.08. The lowest BCUT2D eigenvalue weighted by molar-refractivity contribution is -0.120. The Kier molecular flexibility index (Phi) is 2.36. The predicted octanol–water partition coefficient (Wildman–Crippen LogP) is 1.85. The van der Waals surface area contributed by atoms with E-state index in [9.17, 15) is 9.59 Å². The van der Waals surface area contributed by atoms with E-state index in [1.54, 1.807) is 12.1 Å². The van der Waals surface area contributed by atoms with Crippen molar-refractivity contribution in [1.82, 2.24) is 0 Å². The smallest absolute Gasteiger partial charge is 0.418 e. The summed E-state index contributed by atoms with van der Waals surface area (Å²) in [5.74, 6) is -0.205. The van der Waals surface area contributed by atoms with Crippen molar-refractivity contribution >= 4 is 33.6 Å². The van der Waals surface area contributed by atoms with Crippen molar-refractivity contribution in [1.29, 1.82) is 0 Å². The van der Waals surface area contributed by atoms with Crippen LogP contribution in [0.3, 0.4) is 0 Å². The van der Waals surface area contributed by atoms with Gasteiger partial charge in [0.15, 0.2) is 6.61 Å². The molecule has 0 saturated carbocycles. The summed E-state index contributed by atoms with van der Waals surface area (Å²) in [5, 5.41) is 8.86. The summed E-state index contributed by atoms with van der Waals surface area (Å²) >= 11 is 3.23. The third-order valence-electron chi connectivity index (χ3n) is 1.95. The van der Waals surface area contributed by atoms with Gasteiger partial charge in [0.05, 0.1) is 5.69 Å². The van der Waals surface area contributed by atoms with Crippen LogP contribution in [0.2, 0.25) is 0 Å². The van der Waals surface area contributed by atoms with Crippen molar-refractivity contribution in [3.8, 4) is 5.75 Å². The van der Waals surface area contributed by atoms with Crippen LogP contribution >= 0.6 is 15.9 Å². The van der Waals surface area contributed by atoms with Crippen LogP contribution in [0.4, 0.5) is 10.5 Å². The first-order chi connectivity index (χ1) is 7.09.